The van der Waals surface area contributed by atoms with Crippen LogP contribution < -0.4 is 11.1 Å². The number of halogens is 1. The zero-order valence-electron chi connectivity index (χ0n) is 11.7. The average molecular weight is 310 g/mol. The SMILES string of the molecule is NC(=S)C1(C(=O)NCCc2ccccc2F)CCOCC1. The highest BCUT2D eigenvalue weighted by Gasteiger charge is 2.42. The van der Waals surface area contributed by atoms with Crippen LogP contribution in [-0.2, 0) is 16.0 Å². The first-order valence-electron chi connectivity index (χ1n) is 6.95. The van der Waals surface area contributed by atoms with Crippen molar-refractivity contribution in [1.29, 1.82) is 0 Å². The van der Waals surface area contributed by atoms with Gasteiger partial charge in [0.15, 0.2) is 0 Å². The lowest BCUT2D eigenvalue weighted by molar-refractivity contribution is -0.131. The van der Waals surface area contributed by atoms with Crippen molar-refractivity contribution in [1.82, 2.24) is 5.32 Å². The van der Waals surface area contributed by atoms with E-state index in [9.17, 15) is 9.18 Å². The minimum absolute atomic E-state index is 0.186. The number of ether oxygens (including phenoxy) is 1. The number of amides is 1. The van der Waals surface area contributed by atoms with Crippen LogP contribution in [-0.4, -0.2) is 30.7 Å². The van der Waals surface area contributed by atoms with Crippen LogP contribution in [0.5, 0.6) is 0 Å². The van der Waals surface area contributed by atoms with Crippen molar-refractivity contribution < 1.29 is 13.9 Å². The van der Waals surface area contributed by atoms with Gasteiger partial charge in [0.25, 0.3) is 0 Å². The molecule has 6 heteroatoms. The molecule has 1 aromatic carbocycles. The molecule has 0 atom stereocenters. The topological polar surface area (TPSA) is 64.4 Å². The van der Waals surface area contributed by atoms with Gasteiger partial charge in [-0.05, 0) is 30.9 Å². The van der Waals surface area contributed by atoms with Crippen molar-refractivity contribution in [2.75, 3.05) is 19.8 Å². The Kier molecular flexibility index (Phi) is 5.25. The molecule has 114 valence electrons. The summed E-state index contributed by atoms with van der Waals surface area (Å²) in [5, 5.41) is 2.82. The van der Waals surface area contributed by atoms with Crippen LogP contribution in [0, 0.1) is 11.2 Å². The monoisotopic (exact) mass is 310 g/mol. The van der Waals surface area contributed by atoms with Gasteiger partial charge >= 0.3 is 0 Å². The maximum absolute atomic E-state index is 13.5. The Hall–Kier alpha value is -1.53. The third-order valence-corrected chi connectivity index (χ3v) is 4.28. The van der Waals surface area contributed by atoms with E-state index in [1.165, 1.54) is 6.07 Å². The van der Waals surface area contributed by atoms with Crippen LogP contribution in [0.2, 0.25) is 0 Å². The van der Waals surface area contributed by atoms with Gasteiger partial charge in [-0.1, -0.05) is 30.4 Å². The lowest BCUT2D eigenvalue weighted by atomic mass is 9.79. The van der Waals surface area contributed by atoms with Gasteiger partial charge in [-0.15, -0.1) is 0 Å². The minimum atomic E-state index is -0.831. The summed E-state index contributed by atoms with van der Waals surface area (Å²) in [6.45, 7) is 1.29. The van der Waals surface area contributed by atoms with Crippen LogP contribution in [0.3, 0.4) is 0 Å². The standard InChI is InChI=1S/C15H19FN2O2S/c16-12-4-2-1-3-11(12)5-8-18-14(19)15(13(17)21)6-9-20-10-7-15/h1-4H,5-10H2,(H2,17,21)(H,18,19). The molecule has 3 N–H and O–H groups in total. The van der Waals surface area contributed by atoms with Gasteiger partial charge < -0.3 is 15.8 Å². The van der Waals surface area contributed by atoms with Crippen molar-refractivity contribution in [3.63, 3.8) is 0 Å². The normalized spacial score (nSPS) is 17.2. The molecule has 0 aromatic heterocycles. The molecule has 1 amide bonds. The predicted molar refractivity (Wildman–Crippen MR) is 82.4 cm³/mol. The van der Waals surface area contributed by atoms with E-state index in [4.69, 9.17) is 22.7 Å². The zero-order chi connectivity index (χ0) is 15.3. The first-order chi connectivity index (χ1) is 10.1. The van der Waals surface area contributed by atoms with E-state index < -0.39 is 5.41 Å². The van der Waals surface area contributed by atoms with E-state index in [0.29, 0.717) is 44.6 Å². The van der Waals surface area contributed by atoms with Crippen molar-refractivity contribution in [3.8, 4) is 0 Å². The number of benzene rings is 1. The van der Waals surface area contributed by atoms with Gasteiger partial charge in [0.2, 0.25) is 5.91 Å². The number of rotatable bonds is 5. The Labute approximate surface area is 128 Å². The molecule has 1 aliphatic heterocycles. The average Bonchev–Trinajstić information content (AvgIpc) is 2.49. The maximum atomic E-state index is 13.5. The summed E-state index contributed by atoms with van der Waals surface area (Å²) < 4.78 is 18.8. The molecule has 0 aliphatic carbocycles. The number of carbonyl (C=O) groups is 1. The number of nitrogens with one attached hydrogen (secondary N) is 1. The molecule has 1 aromatic rings. The summed E-state index contributed by atoms with van der Waals surface area (Å²) in [5.41, 5.74) is 5.51. The molecule has 1 saturated heterocycles. The summed E-state index contributed by atoms with van der Waals surface area (Å²) in [6, 6.07) is 6.53. The fraction of sp³-hybridized carbons (Fsp3) is 0.467. The van der Waals surface area contributed by atoms with Crippen molar-refractivity contribution in [2.45, 2.75) is 19.3 Å². The molecular formula is C15H19FN2O2S. The fourth-order valence-corrected chi connectivity index (χ4v) is 2.78. The highest BCUT2D eigenvalue weighted by atomic mass is 32.1. The van der Waals surface area contributed by atoms with Crippen molar-refractivity contribution in [2.24, 2.45) is 11.1 Å². The number of hydrogen-bond acceptors (Lipinski definition) is 3. The zero-order valence-corrected chi connectivity index (χ0v) is 12.5. The molecule has 4 nitrogen and oxygen atoms in total. The third kappa shape index (κ3) is 3.57. The molecule has 2 rings (SSSR count). The van der Waals surface area contributed by atoms with Crippen LogP contribution in [0.1, 0.15) is 18.4 Å². The number of carbonyl (C=O) groups excluding carboxylic acids is 1. The van der Waals surface area contributed by atoms with Crippen molar-refractivity contribution in [3.05, 3.63) is 35.6 Å². The second-order valence-electron chi connectivity index (χ2n) is 5.16. The molecular weight excluding hydrogens is 291 g/mol. The number of hydrogen-bond donors (Lipinski definition) is 2. The maximum Gasteiger partial charge on any atom is 0.233 e. The molecule has 21 heavy (non-hydrogen) atoms. The van der Waals surface area contributed by atoms with Gasteiger partial charge in [0.05, 0.1) is 4.99 Å². The van der Waals surface area contributed by atoms with E-state index in [-0.39, 0.29) is 16.7 Å². The van der Waals surface area contributed by atoms with Crippen LogP contribution in [0.15, 0.2) is 24.3 Å². The summed E-state index contributed by atoms with van der Waals surface area (Å²) in [6.07, 6.45) is 1.42. The van der Waals surface area contributed by atoms with Gasteiger partial charge in [-0.25, -0.2) is 4.39 Å². The molecule has 0 bridgehead atoms. The van der Waals surface area contributed by atoms with Crippen LogP contribution in [0.25, 0.3) is 0 Å². The van der Waals surface area contributed by atoms with Gasteiger partial charge in [-0.3, -0.25) is 4.79 Å². The Bertz CT molecular complexity index is 530. The highest BCUT2D eigenvalue weighted by molar-refractivity contribution is 7.80. The van der Waals surface area contributed by atoms with E-state index in [2.05, 4.69) is 5.32 Å². The number of nitrogens with two attached hydrogens (primary N) is 1. The Morgan fingerprint density at radius 3 is 2.67 bits per heavy atom. The fourth-order valence-electron chi connectivity index (χ4n) is 2.49. The second kappa shape index (κ2) is 6.95. The molecule has 0 spiro atoms. The van der Waals surface area contributed by atoms with E-state index in [1.807, 2.05) is 0 Å². The second-order valence-corrected chi connectivity index (χ2v) is 5.60. The molecule has 1 aliphatic rings. The molecule has 0 unspecified atom stereocenters. The largest absolute Gasteiger partial charge is 0.392 e. The Morgan fingerprint density at radius 2 is 2.05 bits per heavy atom. The van der Waals surface area contributed by atoms with Gasteiger partial charge in [0.1, 0.15) is 11.2 Å². The van der Waals surface area contributed by atoms with Gasteiger partial charge in [0, 0.05) is 19.8 Å². The Morgan fingerprint density at radius 1 is 1.38 bits per heavy atom. The molecule has 0 saturated carbocycles. The molecule has 1 heterocycles. The van der Waals surface area contributed by atoms with Gasteiger partial charge in [-0.2, -0.15) is 0 Å². The highest BCUT2D eigenvalue weighted by Crippen LogP contribution is 2.31. The summed E-state index contributed by atoms with van der Waals surface area (Å²) >= 11 is 5.07. The third-order valence-electron chi connectivity index (χ3n) is 3.89. The quantitative estimate of drug-likeness (QED) is 0.810. The van der Waals surface area contributed by atoms with Crippen molar-refractivity contribution >= 4 is 23.1 Å². The minimum Gasteiger partial charge on any atom is -0.392 e. The predicted octanol–water partition coefficient (Wildman–Crippen LogP) is 1.57. The first-order valence-corrected chi connectivity index (χ1v) is 7.36. The van der Waals surface area contributed by atoms with E-state index >= 15 is 0 Å². The van der Waals surface area contributed by atoms with E-state index in [1.54, 1.807) is 18.2 Å². The summed E-state index contributed by atoms with van der Waals surface area (Å²) in [5.74, 6) is -0.448. The first kappa shape index (κ1) is 15.9. The Balaban J connectivity index is 1.94. The lowest BCUT2D eigenvalue weighted by Crippen LogP contribution is -2.52. The smallest absolute Gasteiger partial charge is 0.233 e. The molecule has 1 fully saturated rings. The van der Waals surface area contributed by atoms with Crippen LogP contribution >= 0.6 is 12.2 Å². The number of thiocarbonyl (C=S) groups is 1. The van der Waals surface area contributed by atoms with E-state index in [0.717, 1.165) is 0 Å². The summed E-state index contributed by atoms with van der Waals surface area (Å²) in [7, 11) is 0. The lowest BCUT2D eigenvalue weighted by Gasteiger charge is -2.34. The van der Waals surface area contributed by atoms with Crippen LogP contribution in [0.4, 0.5) is 4.39 Å². The molecule has 0 radical (unpaired) electrons. The summed E-state index contributed by atoms with van der Waals surface area (Å²) in [4.78, 5) is 12.6.